The molecule has 1 unspecified atom stereocenters. The number of likely N-dealkylation sites (tertiary alicyclic amines) is 1. The van der Waals surface area contributed by atoms with E-state index in [1.165, 1.54) is 19.3 Å². The maximum Gasteiger partial charge on any atom is 0.518 e. The van der Waals surface area contributed by atoms with Gasteiger partial charge in [0.05, 0.1) is 5.67 Å². The Morgan fingerprint density at radius 1 is 1.00 bits per heavy atom. The van der Waals surface area contributed by atoms with Gasteiger partial charge in [0.25, 0.3) is 0 Å². The number of hydrogen-bond donors (Lipinski definition) is 0. The van der Waals surface area contributed by atoms with Gasteiger partial charge in [-0.15, -0.1) is 0 Å². The summed E-state index contributed by atoms with van der Waals surface area (Å²) in [5, 5.41) is 0. The Morgan fingerprint density at radius 2 is 1.50 bits per heavy atom. The molecule has 0 spiro atoms. The normalized spacial score (nSPS) is 21.0. The van der Waals surface area contributed by atoms with Crippen molar-refractivity contribution in [2.75, 3.05) is 34.4 Å². The summed E-state index contributed by atoms with van der Waals surface area (Å²) in [5.41, 5.74) is 0.299. The molecule has 0 N–H and O–H groups in total. The summed E-state index contributed by atoms with van der Waals surface area (Å²) in [6, 6.07) is 0. The lowest BCUT2D eigenvalue weighted by Crippen LogP contribution is -2.62. The molecule has 0 aliphatic carbocycles. The first-order valence-corrected chi connectivity index (χ1v) is 7.93. The molecular formula is C11H25NO3Si. The van der Waals surface area contributed by atoms with E-state index in [1.807, 2.05) is 0 Å². The van der Waals surface area contributed by atoms with Crippen LogP contribution in [0.4, 0.5) is 0 Å². The van der Waals surface area contributed by atoms with E-state index in [4.69, 9.17) is 13.3 Å². The Bertz CT molecular complexity index is 185. The minimum Gasteiger partial charge on any atom is -0.376 e. The summed E-state index contributed by atoms with van der Waals surface area (Å²) in [4.78, 5) is 2.48. The molecule has 1 aliphatic heterocycles. The molecule has 0 radical (unpaired) electrons. The standard InChI is InChI=1S/C11H25NO3Si/c1-5-11(12-9-7-6-8-10-12)16(13-2,14-3)15-4/h11H,5-10H2,1-4H3. The van der Waals surface area contributed by atoms with E-state index in [0.717, 1.165) is 19.5 Å². The lowest BCUT2D eigenvalue weighted by molar-refractivity contribution is 0.0655. The van der Waals surface area contributed by atoms with Gasteiger partial charge < -0.3 is 13.3 Å². The Kier molecular flexibility index (Phi) is 5.92. The molecule has 1 heterocycles. The van der Waals surface area contributed by atoms with Gasteiger partial charge in [-0.3, -0.25) is 4.90 Å². The quantitative estimate of drug-likeness (QED) is 0.668. The van der Waals surface area contributed by atoms with Crippen LogP contribution >= 0.6 is 0 Å². The van der Waals surface area contributed by atoms with Gasteiger partial charge in [0.15, 0.2) is 0 Å². The van der Waals surface area contributed by atoms with Crippen LogP contribution in [0, 0.1) is 0 Å². The van der Waals surface area contributed by atoms with Crippen molar-refractivity contribution in [2.45, 2.75) is 38.3 Å². The predicted octanol–water partition coefficient (Wildman–Crippen LogP) is 1.67. The van der Waals surface area contributed by atoms with Gasteiger partial charge in [-0.2, -0.15) is 0 Å². The van der Waals surface area contributed by atoms with Gasteiger partial charge in [-0.05, 0) is 32.4 Å². The zero-order valence-electron chi connectivity index (χ0n) is 11.0. The first kappa shape index (κ1) is 14.1. The number of nitrogens with zero attached hydrogens (tertiary/aromatic N) is 1. The second-order valence-corrected chi connectivity index (χ2v) is 7.33. The van der Waals surface area contributed by atoms with Gasteiger partial charge in [0.2, 0.25) is 0 Å². The number of hydrogen-bond acceptors (Lipinski definition) is 4. The van der Waals surface area contributed by atoms with Crippen molar-refractivity contribution in [3.63, 3.8) is 0 Å². The molecular weight excluding hydrogens is 222 g/mol. The third-order valence-electron chi connectivity index (χ3n) is 3.48. The monoisotopic (exact) mass is 247 g/mol. The van der Waals surface area contributed by atoms with E-state index in [9.17, 15) is 0 Å². The molecule has 0 aromatic carbocycles. The molecule has 0 aromatic heterocycles. The lowest BCUT2D eigenvalue weighted by Gasteiger charge is -2.40. The Balaban J connectivity index is 2.76. The molecule has 0 saturated carbocycles. The van der Waals surface area contributed by atoms with Crippen LogP contribution in [0.15, 0.2) is 0 Å². The Labute approximate surface area is 100 Å². The molecule has 96 valence electrons. The van der Waals surface area contributed by atoms with Crippen molar-refractivity contribution in [2.24, 2.45) is 0 Å². The molecule has 16 heavy (non-hydrogen) atoms. The predicted molar refractivity (Wildman–Crippen MR) is 66.3 cm³/mol. The van der Waals surface area contributed by atoms with Crippen LogP contribution in [0.1, 0.15) is 32.6 Å². The summed E-state index contributed by atoms with van der Waals surface area (Å²) in [6.07, 6.45) is 4.91. The molecule has 1 fully saturated rings. The highest BCUT2D eigenvalue weighted by molar-refractivity contribution is 6.62. The van der Waals surface area contributed by atoms with Crippen molar-refractivity contribution in [3.8, 4) is 0 Å². The minimum atomic E-state index is -2.51. The summed E-state index contributed by atoms with van der Waals surface area (Å²) in [6.45, 7) is 4.46. The fourth-order valence-electron chi connectivity index (χ4n) is 2.62. The van der Waals surface area contributed by atoms with Crippen LogP contribution in [-0.2, 0) is 13.3 Å². The molecule has 1 aliphatic rings. The van der Waals surface area contributed by atoms with Crippen LogP contribution in [0.2, 0.25) is 0 Å². The lowest BCUT2D eigenvalue weighted by atomic mass is 10.1. The second-order valence-electron chi connectivity index (χ2n) is 4.24. The Hall–Kier alpha value is 0.0569. The fraction of sp³-hybridized carbons (Fsp3) is 1.00. The summed E-state index contributed by atoms with van der Waals surface area (Å²) in [5.74, 6) is 0. The van der Waals surface area contributed by atoms with E-state index < -0.39 is 8.80 Å². The zero-order valence-corrected chi connectivity index (χ0v) is 12.0. The summed E-state index contributed by atoms with van der Waals surface area (Å²) < 4.78 is 16.8. The van der Waals surface area contributed by atoms with Crippen LogP contribution < -0.4 is 0 Å². The highest BCUT2D eigenvalue weighted by Gasteiger charge is 2.49. The van der Waals surface area contributed by atoms with E-state index >= 15 is 0 Å². The molecule has 0 aromatic rings. The molecule has 0 amide bonds. The van der Waals surface area contributed by atoms with Crippen LogP contribution in [-0.4, -0.2) is 53.8 Å². The van der Waals surface area contributed by atoms with E-state index in [-0.39, 0.29) is 0 Å². The maximum absolute atomic E-state index is 5.60. The largest absolute Gasteiger partial charge is 0.518 e. The average Bonchev–Trinajstić information content (AvgIpc) is 2.37. The SMILES string of the molecule is CCC(N1CCCCC1)[Si](OC)(OC)OC. The molecule has 1 rings (SSSR count). The van der Waals surface area contributed by atoms with Crippen molar-refractivity contribution in [1.82, 2.24) is 4.90 Å². The fourth-order valence-corrected chi connectivity index (χ4v) is 5.14. The van der Waals surface area contributed by atoms with Gasteiger partial charge in [-0.25, -0.2) is 0 Å². The summed E-state index contributed by atoms with van der Waals surface area (Å²) in [7, 11) is 2.59. The van der Waals surface area contributed by atoms with Crippen molar-refractivity contribution in [1.29, 1.82) is 0 Å². The highest BCUT2D eigenvalue weighted by Crippen LogP contribution is 2.23. The average molecular weight is 247 g/mol. The first-order chi connectivity index (χ1) is 7.74. The smallest absolute Gasteiger partial charge is 0.376 e. The van der Waals surface area contributed by atoms with Crippen LogP contribution in [0.5, 0.6) is 0 Å². The van der Waals surface area contributed by atoms with Gasteiger partial charge >= 0.3 is 8.80 Å². The van der Waals surface area contributed by atoms with E-state index in [2.05, 4.69) is 11.8 Å². The molecule has 0 bridgehead atoms. The highest BCUT2D eigenvalue weighted by atomic mass is 28.4. The van der Waals surface area contributed by atoms with Gasteiger partial charge in [0, 0.05) is 21.3 Å². The molecule has 1 atom stereocenters. The third-order valence-corrected chi connectivity index (χ3v) is 6.78. The van der Waals surface area contributed by atoms with E-state index in [1.54, 1.807) is 21.3 Å². The Morgan fingerprint density at radius 3 is 1.88 bits per heavy atom. The van der Waals surface area contributed by atoms with Crippen molar-refractivity contribution in [3.05, 3.63) is 0 Å². The summed E-state index contributed by atoms with van der Waals surface area (Å²) >= 11 is 0. The first-order valence-electron chi connectivity index (χ1n) is 6.13. The molecule has 4 nitrogen and oxygen atoms in total. The topological polar surface area (TPSA) is 30.9 Å². The number of rotatable bonds is 6. The number of piperidine rings is 1. The molecule has 5 heteroatoms. The maximum atomic E-state index is 5.60. The van der Waals surface area contributed by atoms with Crippen molar-refractivity contribution < 1.29 is 13.3 Å². The van der Waals surface area contributed by atoms with E-state index in [0.29, 0.717) is 5.67 Å². The molecule has 1 saturated heterocycles. The second kappa shape index (κ2) is 6.71. The van der Waals surface area contributed by atoms with Crippen LogP contribution in [0.25, 0.3) is 0 Å². The van der Waals surface area contributed by atoms with Crippen LogP contribution in [0.3, 0.4) is 0 Å². The zero-order chi connectivity index (χ0) is 12.0. The third kappa shape index (κ3) is 2.84. The van der Waals surface area contributed by atoms with Gasteiger partial charge in [0.1, 0.15) is 0 Å². The minimum absolute atomic E-state index is 0.299. The van der Waals surface area contributed by atoms with Gasteiger partial charge in [-0.1, -0.05) is 13.3 Å². The van der Waals surface area contributed by atoms with Crippen molar-refractivity contribution >= 4 is 8.80 Å².